The molecule has 0 N–H and O–H groups in total. The van der Waals surface area contributed by atoms with Gasteiger partial charge in [-0.15, -0.1) is 0 Å². The Hall–Kier alpha value is -2.93. The number of fused-ring (bicyclic) bond motifs is 1. The minimum Gasteiger partial charge on any atom is -0.338 e. The van der Waals surface area contributed by atoms with Crippen LogP contribution < -0.4 is 5.56 Å². The van der Waals surface area contributed by atoms with Crippen LogP contribution in [0.25, 0.3) is 16.6 Å². The fraction of sp³-hybridized carbons (Fsp3) is 0.333. The highest BCUT2D eigenvalue weighted by Crippen LogP contribution is 2.24. The average Bonchev–Trinajstić information content (AvgIpc) is 3.12. The lowest BCUT2D eigenvalue weighted by Gasteiger charge is -2.28. The molecule has 0 saturated heterocycles. The Morgan fingerprint density at radius 2 is 2.07 bits per heavy atom. The third-order valence-corrected chi connectivity index (χ3v) is 5.57. The van der Waals surface area contributed by atoms with Crippen molar-refractivity contribution in [1.82, 2.24) is 24.0 Å². The first-order chi connectivity index (χ1) is 13.9. The summed E-state index contributed by atoms with van der Waals surface area (Å²) in [5.74, 6) is 1.66. The van der Waals surface area contributed by atoms with Crippen molar-refractivity contribution >= 4 is 34.1 Å². The monoisotopic (exact) mass is 411 g/mol. The number of halogens is 1. The van der Waals surface area contributed by atoms with Gasteiger partial charge in [0.1, 0.15) is 11.6 Å². The topological polar surface area (TPSA) is 73.0 Å². The van der Waals surface area contributed by atoms with Gasteiger partial charge in [0, 0.05) is 55.6 Å². The first kappa shape index (κ1) is 19.4. The fourth-order valence-electron chi connectivity index (χ4n) is 3.77. The van der Waals surface area contributed by atoms with Crippen LogP contribution in [-0.4, -0.2) is 43.0 Å². The summed E-state index contributed by atoms with van der Waals surface area (Å²) in [6.07, 6.45) is 6.81. The van der Waals surface area contributed by atoms with Crippen LogP contribution in [0.1, 0.15) is 24.5 Å². The number of carbonyl (C=O) groups excluding carboxylic acids is 1. The van der Waals surface area contributed by atoms with Gasteiger partial charge in [-0.3, -0.25) is 9.59 Å². The van der Waals surface area contributed by atoms with E-state index in [-0.39, 0.29) is 11.5 Å². The minimum absolute atomic E-state index is 0.125. The van der Waals surface area contributed by atoms with E-state index in [1.165, 1.54) is 0 Å². The van der Waals surface area contributed by atoms with E-state index in [1.54, 1.807) is 18.3 Å². The molecule has 7 nitrogen and oxygen atoms in total. The molecule has 1 aliphatic heterocycles. The SMILES string of the molecule is Cc1nccn1CCC(=O)N1CC=C(n2c(C)nc(=O)c3cc(Cl)ccc32)CC1. The first-order valence-electron chi connectivity index (χ1n) is 9.58. The zero-order chi connectivity index (χ0) is 20.5. The smallest absolute Gasteiger partial charge is 0.280 e. The minimum atomic E-state index is -0.278. The number of imidazole rings is 1. The lowest BCUT2D eigenvalue weighted by molar-refractivity contribution is -0.131. The van der Waals surface area contributed by atoms with Crippen LogP contribution in [0.5, 0.6) is 0 Å². The van der Waals surface area contributed by atoms with E-state index < -0.39 is 0 Å². The molecular formula is C21H22ClN5O2. The molecule has 1 aromatic carbocycles. The van der Waals surface area contributed by atoms with E-state index in [4.69, 9.17) is 11.6 Å². The Balaban J connectivity index is 1.54. The Morgan fingerprint density at radius 3 is 2.76 bits per heavy atom. The van der Waals surface area contributed by atoms with E-state index in [0.29, 0.717) is 48.7 Å². The van der Waals surface area contributed by atoms with Crippen LogP contribution in [0.3, 0.4) is 0 Å². The maximum atomic E-state index is 12.6. The van der Waals surface area contributed by atoms with Crippen molar-refractivity contribution in [2.24, 2.45) is 0 Å². The number of carbonyl (C=O) groups is 1. The van der Waals surface area contributed by atoms with Gasteiger partial charge in [0.25, 0.3) is 5.56 Å². The quantitative estimate of drug-likeness (QED) is 0.661. The first-order valence-corrected chi connectivity index (χ1v) is 9.95. The van der Waals surface area contributed by atoms with E-state index in [1.807, 2.05) is 46.2 Å². The van der Waals surface area contributed by atoms with Crippen LogP contribution in [0.2, 0.25) is 5.02 Å². The van der Waals surface area contributed by atoms with Crippen molar-refractivity contribution in [2.75, 3.05) is 13.1 Å². The Kier molecular flexibility index (Phi) is 5.24. The summed E-state index contributed by atoms with van der Waals surface area (Å²) in [7, 11) is 0. The molecule has 4 rings (SSSR count). The summed E-state index contributed by atoms with van der Waals surface area (Å²) < 4.78 is 3.97. The van der Waals surface area contributed by atoms with E-state index in [2.05, 4.69) is 9.97 Å². The van der Waals surface area contributed by atoms with Gasteiger partial charge in [-0.1, -0.05) is 11.6 Å². The van der Waals surface area contributed by atoms with Crippen molar-refractivity contribution in [3.8, 4) is 0 Å². The molecular weight excluding hydrogens is 390 g/mol. The Bertz CT molecular complexity index is 1180. The molecule has 1 amide bonds. The molecule has 0 radical (unpaired) electrons. The molecule has 3 heterocycles. The van der Waals surface area contributed by atoms with E-state index in [0.717, 1.165) is 17.0 Å². The predicted octanol–water partition coefficient (Wildman–Crippen LogP) is 3.03. The van der Waals surface area contributed by atoms with E-state index in [9.17, 15) is 9.59 Å². The van der Waals surface area contributed by atoms with Gasteiger partial charge in [-0.05, 0) is 38.1 Å². The number of hydrogen-bond acceptors (Lipinski definition) is 4. The molecule has 8 heteroatoms. The van der Waals surface area contributed by atoms with Gasteiger partial charge >= 0.3 is 0 Å². The third-order valence-electron chi connectivity index (χ3n) is 5.33. The average molecular weight is 412 g/mol. The van der Waals surface area contributed by atoms with Gasteiger partial charge in [0.2, 0.25) is 5.91 Å². The molecule has 1 aliphatic rings. The summed E-state index contributed by atoms with van der Waals surface area (Å²) in [4.78, 5) is 35.1. The standard InChI is InChI=1S/C21H22ClN5O2/c1-14-23-8-12-25(14)11-7-20(28)26-9-5-17(6-10-26)27-15(2)24-21(29)18-13-16(22)3-4-19(18)27/h3-5,8,12-13H,6-7,9-11H2,1-2H3. The Morgan fingerprint density at radius 1 is 1.24 bits per heavy atom. The molecule has 0 bridgehead atoms. The molecule has 0 aliphatic carbocycles. The molecule has 3 aromatic rings. The predicted molar refractivity (Wildman–Crippen MR) is 113 cm³/mol. The Labute approximate surface area is 173 Å². The summed E-state index contributed by atoms with van der Waals surface area (Å²) in [6, 6.07) is 5.27. The molecule has 0 fully saturated rings. The van der Waals surface area contributed by atoms with Crippen molar-refractivity contribution in [1.29, 1.82) is 0 Å². The second-order valence-electron chi connectivity index (χ2n) is 7.16. The number of hydrogen-bond donors (Lipinski definition) is 0. The normalized spacial score (nSPS) is 14.3. The highest BCUT2D eigenvalue weighted by molar-refractivity contribution is 6.31. The number of aryl methyl sites for hydroxylation is 3. The van der Waals surface area contributed by atoms with Gasteiger partial charge < -0.3 is 14.0 Å². The lowest BCUT2D eigenvalue weighted by atomic mass is 10.1. The molecule has 0 unspecified atom stereocenters. The summed E-state index contributed by atoms with van der Waals surface area (Å²) in [6.45, 7) is 5.55. The maximum absolute atomic E-state index is 12.6. The van der Waals surface area contributed by atoms with Crippen molar-refractivity contribution < 1.29 is 4.79 Å². The third kappa shape index (κ3) is 3.82. The lowest BCUT2D eigenvalue weighted by Crippen LogP contribution is -2.36. The molecule has 0 spiro atoms. The number of aromatic nitrogens is 4. The molecule has 0 atom stereocenters. The zero-order valence-electron chi connectivity index (χ0n) is 16.4. The maximum Gasteiger partial charge on any atom is 0.280 e. The van der Waals surface area contributed by atoms with Crippen LogP contribution in [-0.2, 0) is 11.3 Å². The van der Waals surface area contributed by atoms with Crippen LogP contribution >= 0.6 is 11.6 Å². The van der Waals surface area contributed by atoms with Gasteiger partial charge in [-0.2, -0.15) is 4.98 Å². The van der Waals surface area contributed by atoms with Crippen molar-refractivity contribution in [2.45, 2.75) is 33.2 Å². The second-order valence-corrected chi connectivity index (χ2v) is 7.60. The molecule has 0 saturated carbocycles. The van der Waals surface area contributed by atoms with Crippen LogP contribution in [0, 0.1) is 13.8 Å². The summed E-state index contributed by atoms with van der Waals surface area (Å²) in [5.41, 5.74) is 1.55. The molecule has 2 aromatic heterocycles. The summed E-state index contributed by atoms with van der Waals surface area (Å²) >= 11 is 6.06. The number of rotatable bonds is 4. The number of nitrogens with zero attached hydrogens (tertiary/aromatic N) is 5. The van der Waals surface area contributed by atoms with Crippen molar-refractivity contribution in [3.05, 3.63) is 63.7 Å². The van der Waals surface area contributed by atoms with Crippen molar-refractivity contribution in [3.63, 3.8) is 0 Å². The molecule has 29 heavy (non-hydrogen) atoms. The highest BCUT2D eigenvalue weighted by Gasteiger charge is 2.20. The fourth-order valence-corrected chi connectivity index (χ4v) is 3.94. The number of amides is 1. The second kappa shape index (κ2) is 7.83. The summed E-state index contributed by atoms with van der Waals surface area (Å²) in [5, 5.41) is 1.01. The van der Waals surface area contributed by atoms with Crippen LogP contribution in [0.4, 0.5) is 0 Å². The number of benzene rings is 1. The van der Waals surface area contributed by atoms with Gasteiger partial charge in [0.15, 0.2) is 0 Å². The zero-order valence-corrected chi connectivity index (χ0v) is 17.2. The highest BCUT2D eigenvalue weighted by atomic mass is 35.5. The largest absolute Gasteiger partial charge is 0.338 e. The van der Waals surface area contributed by atoms with Gasteiger partial charge in [-0.25, -0.2) is 4.98 Å². The van der Waals surface area contributed by atoms with Crippen LogP contribution in [0.15, 0.2) is 41.5 Å². The van der Waals surface area contributed by atoms with E-state index >= 15 is 0 Å². The van der Waals surface area contributed by atoms with Gasteiger partial charge in [0.05, 0.1) is 10.9 Å². The molecule has 150 valence electrons.